The molecule has 100 valence electrons. The average molecular weight is 292 g/mol. The number of aliphatic hydroxyl groups is 1. The Morgan fingerprint density at radius 1 is 1.56 bits per heavy atom. The van der Waals surface area contributed by atoms with Crippen LogP contribution >= 0.6 is 23.4 Å². The van der Waals surface area contributed by atoms with Crippen molar-refractivity contribution in [2.24, 2.45) is 0 Å². The molecular weight excluding hydrogens is 277 g/mol. The van der Waals surface area contributed by atoms with Crippen LogP contribution in [0.5, 0.6) is 0 Å². The van der Waals surface area contributed by atoms with E-state index in [1.165, 1.54) is 30.0 Å². The summed E-state index contributed by atoms with van der Waals surface area (Å²) >= 11 is 6.95. The number of halogens is 2. The number of carbonyl (C=O) groups is 1. The number of hydrogen-bond acceptors (Lipinski definition) is 3. The first-order valence-electron chi connectivity index (χ1n) is 5.44. The lowest BCUT2D eigenvalue weighted by atomic mass is 10.3. The van der Waals surface area contributed by atoms with Gasteiger partial charge < -0.3 is 10.4 Å². The van der Waals surface area contributed by atoms with Gasteiger partial charge in [0, 0.05) is 10.9 Å². The number of thioether (sulfide) groups is 1. The van der Waals surface area contributed by atoms with E-state index in [0.717, 1.165) is 0 Å². The van der Waals surface area contributed by atoms with E-state index in [9.17, 15) is 14.3 Å². The molecule has 2 unspecified atom stereocenters. The van der Waals surface area contributed by atoms with Crippen LogP contribution < -0.4 is 5.32 Å². The molecule has 0 spiro atoms. The second kappa shape index (κ2) is 6.97. The molecule has 0 heterocycles. The van der Waals surface area contributed by atoms with Gasteiger partial charge in [0.25, 0.3) is 0 Å². The quantitative estimate of drug-likeness (QED) is 0.877. The fourth-order valence-corrected chi connectivity index (χ4v) is 2.06. The highest BCUT2D eigenvalue weighted by Crippen LogP contribution is 2.20. The van der Waals surface area contributed by atoms with Gasteiger partial charge in [-0.3, -0.25) is 4.79 Å². The maximum absolute atomic E-state index is 12.9. The SMILES string of the molecule is CC(O)C(C)SCC(=O)Nc1ccc(F)c(Cl)c1. The van der Waals surface area contributed by atoms with Crippen LogP contribution in [0.2, 0.25) is 5.02 Å². The van der Waals surface area contributed by atoms with Crippen molar-refractivity contribution in [1.82, 2.24) is 0 Å². The van der Waals surface area contributed by atoms with Crippen LogP contribution in [0.3, 0.4) is 0 Å². The molecular formula is C12H15ClFNO2S. The molecule has 0 aliphatic heterocycles. The highest BCUT2D eigenvalue weighted by Gasteiger charge is 2.12. The molecule has 0 bridgehead atoms. The molecule has 18 heavy (non-hydrogen) atoms. The minimum absolute atomic E-state index is 0.0208. The molecule has 0 aromatic heterocycles. The van der Waals surface area contributed by atoms with Crippen molar-refractivity contribution in [1.29, 1.82) is 0 Å². The number of nitrogens with one attached hydrogen (secondary N) is 1. The third kappa shape index (κ3) is 4.84. The Balaban J connectivity index is 2.47. The Bertz CT molecular complexity index is 429. The summed E-state index contributed by atoms with van der Waals surface area (Å²) in [7, 11) is 0. The Morgan fingerprint density at radius 2 is 2.22 bits per heavy atom. The van der Waals surface area contributed by atoms with Crippen molar-refractivity contribution < 1.29 is 14.3 Å². The van der Waals surface area contributed by atoms with Gasteiger partial charge in [-0.2, -0.15) is 0 Å². The van der Waals surface area contributed by atoms with Gasteiger partial charge in [0.1, 0.15) is 5.82 Å². The van der Waals surface area contributed by atoms with Crippen LogP contribution in [0.15, 0.2) is 18.2 Å². The average Bonchev–Trinajstić information content (AvgIpc) is 2.30. The van der Waals surface area contributed by atoms with E-state index < -0.39 is 11.9 Å². The van der Waals surface area contributed by atoms with Crippen LogP contribution in [-0.4, -0.2) is 28.1 Å². The van der Waals surface area contributed by atoms with Gasteiger partial charge in [-0.15, -0.1) is 11.8 Å². The monoisotopic (exact) mass is 291 g/mol. The summed E-state index contributed by atoms with van der Waals surface area (Å²) in [5.41, 5.74) is 0.455. The van der Waals surface area contributed by atoms with E-state index in [0.29, 0.717) is 5.69 Å². The highest BCUT2D eigenvalue weighted by atomic mass is 35.5. The van der Waals surface area contributed by atoms with Gasteiger partial charge in [-0.25, -0.2) is 4.39 Å². The minimum Gasteiger partial charge on any atom is -0.392 e. The molecule has 1 amide bonds. The summed E-state index contributed by atoms with van der Waals surface area (Å²) in [5, 5.41) is 11.8. The molecule has 0 fully saturated rings. The summed E-state index contributed by atoms with van der Waals surface area (Å²) in [6.45, 7) is 3.52. The van der Waals surface area contributed by atoms with E-state index in [1.807, 2.05) is 6.92 Å². The largest absolute Gasteiger partial charge is 0.392 e. The van der Waals surface area contributed by atoms with Crippen LogP contribution in [-0.2, 0) is 4.79 Å². The Morgan fingerprint density at radius 3 is 2.78 bits per heavy atom. The van der Waals surface area contributed by atoms with Crippen molar-refractivity contribution in [2.45, 2.75) is 25.2 Å². The maximum atomic E-state index is 12.9. The van der Waals surface area contributed by atoms with Crippen LogP contribution in [0.25, 0.3) is 0 Å². The van der Waals surface area contributed by atoms with Gasteiger partial charge in [-0.05, 0) is 25.1 Å². The number of carbonyl (C=O) groups excluding carboxylic acids is 1. The van der Waals surface area contributed by atoms with Gasteiger partial charge >= 0.3 is 0 Å². The molecule has 0 aliphatic rings. The summed E-state index contributed by atoms with van der Waals surface area (Å²) < 4.78 is 12.9. The van der Waals surface area contributed by atoms with Gasteiger partial charge in [0.2, 0.25) is 5.91 Å². The topological polar surface area (TPSA) is 49.3 Å². The maximum Gasteiger partial charge on any atom is 0.234 e. The normalized spacial score (nSPS) is 14.1. The summed E-state index contributed by atoms with van der Waals surface area (Å²) in [5.74, 6) is -0.511. The fourth-order valence-electron chi connectivity index (χ4n) is 1.12. The number of benzene rings is 1. The summed E-state index contributed by atoms with van der Waals surface area (Å²) in [4.78, 5) is 11.6. The molecule has 1 aromatic rings. The van der Waals surface area contributed by atoms with E-state index in [1.54, 1.807) is 6.92 Å². The van der Waals surface area contributed by atoms with E-state index in [4.69, 9.17) is 11.6 Å². The summed E-state index contributed by atoms with van der Waals surface area (Å²) in [6.07, 6.45) is -0.469. The number of hydrogen-bond donors (Lipinski definition) is 2. The van der Waals surface area contributed by atoms with E-state index in [2.05, 4.69) is 5.32 Å². The smallest absolute Gasteiger partial charge is 0.234 e. The Labute approximate surface area is 115 Å². The molecule has 1 aromatic carbocycles. The first-order valence-corrected chi connectivity index (χ1v) is 6.87. The van der Waals surface area contributed by atoms with E-state index in [-0.39, 0.29) is 21.9 Å². The van der Waals surface area contributed by atoms with Gasteiger partial charge in [0.15, 0.2) is 0 Å². The fraction of sp³-hybridized carbons (Fsp3) is 0.417. The second-order valence-electron chi connectivity index (χ2n) is 3.93. The second-order valence-corrected chi connectivity index (χ2v) is 5.71. The summed E-state index contributed by atoms with van der Waals surface area (Å²) in [6, 6.07) is 4.00. The molecule has 2 atom stereocenters. The zero-order chi connectivity index (χ0) is 13.7. The zero-order valence-electron chi connectivity index (χ0n) is 10.1. The molecule has 2 N–H and O–H groups in total. The first-order chi connectivity index (χ1) is 8.40. The Kier molecular flexibility index (Phi) is 5.91. The van der Waals surface area contributed by atoms with Crippen molar-refractivity contribution in [3.8, 4) is 0 Å². The van der Waals surface area contributed by atoms with Gasteiger partial charge in [0.05, 0.1) is 16.9 Å². The zero-order valence-corrected chi connectivity index (χ0v) is 11.7. The van der Waals surface area contributed by atoms with Crippen molar-refractivity contribution in [2.75, 3.05) is 11.1 Å². The molecule has 0 saturated carbocycles. The molecule has 0 saturated heterocycles. The molecule has 3 nitrogen and oxygen atoms in total. The number of aliphatic hydroxyl groups excluding tert-OH is 1. The highest BCUT2D eigenvalue weighted by molar-refractivity contribution is 8.00. The predicted octanol–water partition coefficient (Wildman–Crippen LogP) is 2.92. The van der Waals surface area contributed by atoms with Crippen LogP contribution in [0.1, 0.15) is 13.8 Å². The Hall–Kier alpha value is -0.780. The third-order valence-corrected chi connectivity index (χ3v) is 4.00. The predicted molar refractivity (Wildman–Crippen MR) is 73.6 cm³/mol. The van der Waals surface area contributed by atoms with Crippen LogP contribution in [0, 0.1) is 5.82 Å². The molecule has 1 rings (SSSR count). The van der Waals surface area contributed by atoms with Crippen molar-refractivity contribution in [3.63, 3.8) is 0 Å². The number of amides is 1. The molecule has 0 aliphatic carbocycles. The van der Waals surface area contributed by atoms with E-state index >= 15 is 0 Å². The standard InChI is InChI=1S/C12H15ClFNO2S/c1-7(16)8(2)18-6-12(17)15-9-3-4-11(14)10(13)5-9/h3-5,7-8,16H,6H2,1-2H3,(H,15,17). The lowest BCUT2D eigenvalue weighted by Crippen LogP contribution is -2.20. The third-order valence-electron chi connectivity index (χ3n) is 2.36. The first kappa shape index (κ1) is 15.3. The number of anilines is 1. The molecule has 0 radical (unpaired) electrons. The lowest BCUT2D eigenvalue weighted by Gasteiger charge is -2.13. The van der Waals surface area contributed by atoms with Crippen LogP contribution in [0.4, 0.5) is 10.1 Å². The molecule has 6 heteroatoms. The van der Waals surface area contributed by atoms with Gasteiger partial charge in [-0.1, -0.05) is 18.5 Å². The van der Waals surface area contributed by atoms with Crippen molar-refractivity contribution >= 4 is 35.0 Å². The minimum atomic E-state index is -0.522. The lowest BCUT2D eigenvalue weighted by molar-refractivity contribution is -0.113. The van der Waals surface area contributed by atoms with Crippen molar-refractivity contribution in [3.05, 3.63) is 29.0 Å². The number of rotatable bonds is 5.